The van der Waals surface area contributed by atoms with Gasteiger partial charge < -0.3 is 9.80 Å². The van der Waals surface area contributed by atoms with E-state index in [1.54, 1.807) is 11.0 Å². The third-order valence-corrected chi connectivity index (χ3v) is 3.49. The molecular formula is C13H19Cl2N3O. The van der Waals surface area contributed by atoms with Gasteiger partial charge in [0.05, 0.1) is 10.6 Å². The lowest BCUT2D eigenvalue weighted by molar-refractivity contribution is 0.0678. The van der Waals surface area contributed by atoms with Crippen LogP contribution in [-0.2, 0) is 0 Å². The molecule has 1 aromatic rings. The van der Waals surface area contributed by atoms with E-state index in [-0.39, 0.29) is 17.1 Å². The van der Waals surface area contributed by atoms with Gasteiger partial charge >= 0.3 is 0 Å². The van der Waals surface area contributed by atoms with Crippen molar-refractivity contribution in [1.82, 2.24) is 14.8 Å². The molecule has 6 heteroatoms. The number of aromatic nitrogens is 1. The van der Waals surface area contributed by atoms with Gasteiger partial charge in [-0.3, -0.25) is 4.79 Å². The highest BCUT2D eigenvalue weighted by molar-refractivity contribution is 6.41. The number of rotatable bonds is 5. The van der Waals surface area contributed by atoms with E-state index >= 15 is 0 Å². The van der Waals surface area contributed by atoms with Crippen molar-refractivity contribution >= 4 is 29.1 Å². The lowest BCUT2D eigenvalue weighted by atomic mass is 10.2. The van der Waals surface area contributed by atoms with Crippen LogP contribution in [0.15, 0.2) is 12.3 Å². The van der Waals surface area contributed by atoms with Crippen LogP contribution in [0.5, 0.6) is 0 Å². The molecule has 0 spiro atoms. The van der Waals surface area contributed by atoms with Crippen LogP contribution in [0.4, 0.5) is 0 Å². The van der Waals surface area contributed by atoms with Crippen LogP contribution in [0.1, 0.15) is 24.2 Å². The zero-order chi connectivity index (χ0) is 14.6. The molecule has 0 fully saturated rings. The third kappa shape index (κ3) is 4.34. The summed E-state index contributed by atoms with van der Waals surface area (Å²) in [7, 11) is 3.96. The second-order valence-electron chi connectivity index (χ2n) is 4.70. The molecule has 0 aromatic carbocycles. The molecule has 0 N–H and O–H groups in total. The van der Waals surface area contributed by atoms with Crippen LogP contribution in [-0.4, -0.2) is 53.9 Å². The molecule has 1 heterocycles. The zero-order valence-electron chi connectivity index (χ0n) is 11.7. The van der Waals surface area contributed by atoms with E-state index in [0.29, 0.717) is 17.1 Å². The molecule has 0 saturated heterocycles. The highest BCUT2D eigenvalue weighted by Crippen LogP contribution is 2.21. The van der Waals surface area contributed by atoms with Gasteiger partial charge in [-0.25, -0.2) is 4.98 Å². The fourth-order valence-electron chi connectivity index (χ4n) is 1.99. The van der Waals surface area contributed by atoms with Crippen LogP contribution >= 0.6 is 23.2 Å². The molecule has 0 bridgehead atoms. The molecule has 0 radical (unpaired) electrons. The Morgan fingerprint density at radius 3 is 2.53 bits per heavy atom. The lowest BCUT2D eigenvalue weighted by Gasteiger charge is -2.30. The smallest absolute Gasteiger partial charge is 0.255 e. The van der Waals surface area contributed by atoms with Crippen molar-refractivity contribution < 1.29 is 4.79 Å². The molecule has 1 unspecified atom stereocenters. The minimum atomic E-state index is -0.0806. The van der Waals surface area contributed by atoms with Crippen molar-refractivity contribution in [2.75, 3.05) is 27.2 Å². The van der Waals surface area contributed by atoms with E-state index in [4.69, 9.17) is 23.2 Å². The van der Waals surface area contributed by atoms with E-state index in [1.807, 2.05) is 32.8 Å². The van der Waals surface area contributed by atoms with Gasteiger partial charge in [-0.15, -0.1) is 0 Å². The summed E-state index contributed by atoms with van der Waals surface area (Å²) in [4.78, 5) is 20.2. The first-order valence-electron chi connectivity index (χ1n) is 6.13. The number of likely N-dealkylation sites (N-methyl/N-ethyl adjacent to an activating group) is 2. The molecule has 1 aromatic heterocycles. The highest BCUT2D eigenvalue weighted by Gasteiger charge is 2.21. The molecule has 0 aliphatic carbocycles. The van der Waals surface area contributed by atoms with Crippen molar-refractivity contribution in [3.05, 3.63) is 28.0 Å². The van der Waals surface area contributed by atoms with Crippen LogP contribution in [0.25, 0.3) is 0 Å². The fraction of sp³-hybridized carbons (Fsp3) is 0.538. The second-order valence-corrected chi connectivity index (χ2v) is 5.46. The minimum Gasteiger partial charge on any atom is -0.335 e. The summed E-state index contributed by atoms with van der Waals surface area (Å²) in [6, 6.07) is 1.67. The average Bonchev–Trinajstić information content (AvgIpc) is 2.32. The van der Waals surface area contributed by atoms with Gasteiger partial charge in [-0.1, -0.05) is 23.2 Å². The maximum absolute atomic E-state index is 12.4. The van der Waals surface area contributed by atoms with Crippen molar-refractivity contribution in [1.29, 1.82) is 0 Å². The number of hydrogen-bond acceptors (Lipinski definition) is 3. The van der Waals surface area contributed by atoms with Crippen molar-refractivity contribution in [3.8, 4) is 0 Å². The Labute approximate surface area is 124 Å². The fourth-order valence-corrected chi connectivity index (χ4v) is 2.26. The van der Waals surface area contributed by atoms with Crippen molar-refractivity contribution in [3.63, 3.8) is 0 Å². The highest BCUT2D eigenvalue weighted by atomic mass is 35.5. The van der Waals surface area contributed by atoms with Gasteiger partial charge in [-0.2, -0.15) is 0 Å². The summed E-state index contributed by atoms with van der Waals surface area (Å²) in [6.07, 6.45) is 1.46. The maximum atomic E-state index is 12.4. The summed E-state index contributed by atoms with van der Waals surface area (Å²) < 4.78 is 0. The van der Waals surface area contributed by atoms with Crippen molar-refractivity contribution in [2.24, 2.45) is 0 Å². The summed E-state index contributed by atoms with van der Waals surface area (Å²) in [5, 5.41) is 0.506. The maximum Gasteiger partial charge on any atom is 0.255 e. The van der Waals surface area contributed by atoms with E-state index in [9.17, 15) is 4.79 Å². The number of pyridine rings is 1. The zero-order valence-corrected chi connectivity index (χ0v) is 13.2. The molecule has 0 aliphatic rings. The standard InChI is InChI=1S/C13H19Cl2N3O/c1-5-18(9(2)8-17(3)4)13(19)10-6-11(14)12(15)16-7-10/h6-7,9H,5,8H2,1-4H3. The SMILES string of the molecule is CCN(C(=O)c1cnc(Cl)c(Cl)c1)C(C)CN(C)C. The molecular weight excluding hydrogens is 285 g/mol. The number of hydrogen-bond donors (Lipinski definition) is 0. The third-order valence-electron chi connectivity index (χ3n) is 2.81. The van der Waals surface area contributed by atoms with Gasteiger partial charge in [0.15, 0.2) is 0 Å². The Morgan fingerprint density at radius 1 is 1.42 bits per heavy atom. The molecule has 4 nitrogen and oxygen atoms in total. The van der Waals surface area contributed by atoms with Gasteiger partial charge in [0.1, 0.15) is 5.15 Å². The predicted molar refractivity (Wildman–Crippen MR) is 79.0 cm³/mol. The summed E-state index contributed by atoms with van der Waals surface area (Å²) >= 11 is 11.7. The van der Waals surface area contributed by atoms with Gasteiger partial charge in [-0.05, 0) is 34.0 Å². The summed E-state index contributed by atoms with van der Waals surface area (Å²) in [5.74, 6) is -0.0806. The molecule has 106 valence electrons. The molecule has 0 saturated carbocycles. The monoisotopic (exact) mass is 303 g/mol. The molecule has 19 heavy (non-hydrogen) atoms. The topological polar surface area (TPSA) is 36.4 Å². The van der Waals surface area contributed by atoms with E-state index in [2.05, 4.69) is 4.98 Å². The van der Waals surface area contributed by atoms with Gasteiger partial charge in [0.2, 0.25) is 0 Å². The predicted octanol–water partition coefficient (Wildman–Crippen LogP) is 2.80. The summed E-state index contributed by atoms with van der Waals surface area (Å²) in [6.45, 7) is 5.41. The summed E-state index contributed by atoms with van der Waals surface area (Å²) in [5.41, 5.74) is 0.460. The number of carbonyl (C=O) groups excluding carboxylic acids is 1. The Kier molecular flexibility index (Phi) is 6.04. The normalized spacial score (nSPS) is 12.6. The number of carbonyl (C=O) groups is 1. The van der Waals surface area contributed by atoms with Gasteiger partial charge in [0.25, 0.3) is 5.91 Å². The molecule has 0 aliphatic heterocycles. The Hall–Kier alpha value is -0.840. The molecule has 1 atom stereocenters. The lowest BCUT2D eigenvalue weighted by Crippen LogP contribution is -2.43. The van der Waals surface area contributed by atoms with E-state index < -0.39 is 0 Å². The average molecular weight is 304 g/mol. The van der Waals surface area contributed by atoms with Gasteiger partial charge in [0, 0.05) is 25.3 Å². The first-order valence-corrected chi connectivity index (χ1v) is 6.89. The number of halogens is 2. The van der Waals surface area contributed by atoms with Crippen LogP contribution in [0.2, 0.25) is 10.2 Å². The van der Waals surface area contributed by atoms with Crippen LogP contribution < -0.4 is 0 Å². The Bertz CT molecular complexity index is 452. The minimum absolute atomic E-state index is 0.0806. The van der Waals surface area contributed by atoms with Crippen molar-refractivity contribution in [2.45, 2.75) is 19.9 Å². The number of nitrogens with zero attached hydrogens (tertiary/aromatic N) is 3. The first kappa shape index (κ1) is 16.2. The Balaban J connectivity index is 2.91. The Morgan fingerprint density at radius 2 is 2.05 bits per heavy atom. The number of amides is 1. The van der Waals surface area contributed by atoms with Crippen LogP contribution in [0.3, 0.4) is 0 Å². The first-order chi connectivity index (χ1) is 8.86. The van der Waals surface area contributed by atoms with E-state index in [0.717, 1.165) is 6.54 Å². The quantitative estimate of drug-likeness (QED) is 0.785. The molecule has 1 rings (SSSR count). The second kappa shape index (κ2) is 7.08. The van der Waals surface area contributed by atoms with Crippen LogP contribution in [0, 0.1) is 0 Å². The van der Waals surface area contributed by atoms with E-state index in [1.165, 1.54) is 6.20 Å². The molecule has 1 amide bonds. The largest absolute Gasteiger partial charge is 0.335 e.